The minimum atomic E-state index is 0.0239. The molecule has 1 atom stereocenters. The second kappa shape index (κ2) is 7.96. The molecule has 1 fully saturated rings. The van der Waals surface area contributed by atoms with Crippen molar-refractivity contribution in [2.24, 2.45) is 0 Å². The largest absolute Gasteiger partial charge is 0.399 e. The van der Waals surface area contributed by atoms with Gasteiger partial charge < -0.3 is 16.4 Å². The van der Waals surface area contributed by atoms with E-state index in [1.807, 2.05) is 59.0 Å². The minimum absolute atomic E-state index is 0.0239. The molecule has 3 heterocycles. The highest BCUT2D eigenvalue weighted by atomic mass is 16.2. The smallest absolute Gasteiger partial charge is 0.227 e. The third-order valence-corrected chi connectivity index (χ3v) is 6.00. The number of fused-ring (bicyclic) bond motifs is 1. The van der Waals surface area contributed by atoms with E-state index in [4.69, 9.17) is 16.6 Å². The van der Waals surface area contributed by atoms with Gasteiger partial charge in [0.1, 0.15) is 17.8 Å². The van der Waals surface area contributed by atoms with Gasteiger partial charge >= 0.3 is 0 Å². The molecular formula is C24H25N7O. The number of hydrogen-bond donors (Lipinski definition) is 2. The molecule has 0 radical (unpaired) electrons. The fourth-order valence-electron chi connectivity index (χ4n) is 4.37. The van der Waals surface area contributed by atoms with Gasteiger partial charge in [0.2, 0.25) is 5.91 Å². The number of carbonyl (C=O) groups is 1. The summed E-state index contributed by atoms with van der Waals surface area (Å²) < 4.78 is 1.90. The molecule has 1 saturated heterocycles. The summed E-state index contributed by atoms with van der Waals surface area (Å²) in [5, 5.41) is 5.60. The lowest BCUT2D eigenvalue weighted by Gasteiger charge is -2.17. The molecule has 32 heavy (non-hydrogen) atoms. The molecule has 8 nitrogen and oxygen atoms in total. The van der Waals surface area contributed by atoms with Gasteiger partial charge in [-0.2, -0.15) is 5.10 Å². The summed E-state index contributed by atoms with van der Waals surface area (Å²) in [5.74, 6) is 0.515. The number of carbonyl (C=O) groups excluding carboxylic acids is 1. The molecule has 0 saturated carbocycles. The molecule has 1 amide bonds. The van der Waals surface area contributed by atoms with Crippen molar-refractivity contribution in [3.05, 3.63) is 66.0 Å². The molecular weight excluding hydrogens is 402 g/mol. The van der Waals surface area contributed by atoms with Crippen LogP contribution in [-0.4, -0.2) is 43.6 Å². The lowest BCUT2D eigenvalue weighted by Crippen LogP contribution is -2.30. The standard InChI is InChI=1S/C24H25N7O/c1-15-3-2-4-16(11-15)12-20(32)30-10-9-19(13-30)31-24-21(23(26)27-14-28-24)22(29-31)17-5-7-18(25)8-6-17/h2-8,11,14,19H,9-10,12-13,25H2,1H3,(H2,26,27,28)/t19-/m0/s1. The van der Waals surface area contributed by atoms with E-state index in [9.17, 15) is 4.79 Å². The van der Waals surface area contributed by atoms with Crippen LogP contribution in [0.4, 0.5) is 11.5 Å². The summed E-state index contributed by atoms with van der Waals surface area (Å²) >= 11 is 0. The van der Waals surface area contributed by atoms with Gasteiger partial charge in [0.25, 0.3) is 0 Å². The maximum absolute atomic E-state index is 12.9. The van der Waals surface area contributed by atoms with E-state index in [1.165, 1.54) is 6.33 Å². The van der Waals surface area contributed by atoms with Crippen LogP contribution >= 0.6 is 0 Å². The number of aryl methyl sites for hydroxylation is 1. The summed E-state index contributed by atoms with van der Waals surface area (Å²) in [6, 6.07) is 15.6. The van der Waals surface area contributed by atoms with E-state index in [-0.39, 0.29) is 11.9 Å². The molecule has 1 aliphatic heterocycles. The Morgan fingerprint density at radius 3 is 2.72 bits per heavy atom. The highest BCUT2D eigenvalue weighted by molar-refractivity contribution is 5.98. The first-order chi connectivity index (χ1) is 15.5. The number of nitrogens with zero attached hydrogens (tertiary/aromatic N) is 5. The molecule has 5 rings (SSSR count). The average Bonchev–Trinajstić information content (AvgIpc) is 3.40. The number of benzene rings is 2. The number of likely N-dealkylation sites (tertiary alicyclic amines) is 1. The molecule has 1 aliphatic rings. The molecule has 0 aliphatic carbocycles. The Kier molecular flexibility index (Phi) is 4.97. The van der Waals surface area contributed by atoms with Gasteiger partial charge in [-0.15, -0.1) is 0 Å². The minimum Gasteiger partial charge on any atom is -0.399 e. The van der Waals surface area contributed by atoms with Crippen LogP contribution in [0.15, 0.2) is 54.9 Å². The maximum Gasteiger partial charge on any atom is 0.227 e. The first-order valence-corrected chi connectivity index (χ1v) is 10.7. The number of rotatable bonds is 4. The van der Waals surface area contributed by atoms with Gasteiger partial charge in [-0.25, -0.2) is 14.6 Å². The number of nitrogens with two attached hydrogens (primary N) is 2. The molecule has 2 aromatic heterocycles. The molecule has 162 valence electrons. The highest BCUT2D eigenvalue weighted by Gasteiger charge is 2.30. The van der Waals surface area contributed by atoms with Gasteiger partial charge in [-0.05, 0) is 31.0 Å². The van der Waals surface area contributed by atoms with Gasteiger partial charge in [0, 0.05) is 24.3 Å². The van der Waals surface area contributed by atoms with Crippen molar-refractivity contribution in [1.82, 2.24) is 24.6 Å². The van der Waals surface area contributed by atoms with Gasteiger partial charge in [0.15, 0.2) is 5.65 Å². The summed E-state index contributed by atoms with van der Waals surface area (Å²) in [5.41, 5.74) is 17.2. The molecule has 4 N–H and O–H groups in total. The van der Waals surface area contributed by atoms with Crippen molar-refractivity contribution in [2.75, 3.05) is 24.6 Å². The Balaban J connectivity index is 1.43. The summed E-state index contributed by atoms with van der Waals surface area (Å²) in [4.78, 5) is 23.5. The average molecular weight is 428 g/mol. The number of aromatic nitrogens is 4. The van der Waals surface area contributed by atoms with Crippen molar-refractivity contribution in [3.8, 4) is 11.3 Å². The Labute approximate surface area is 185 Å². The Bertz CT molecular complexity index is 1300. The van der Waals surface area contributed by atoms with E-state index >= 15 is 0 Å². The van der Waals surface area contributed by atoms with E-state index in [0.717, 1.165) is 34.2 Å². The van der Waals surface area contributed by atoms with Gasteiger partial charge in [0.05, 0.1) is 17.8 Å². The number of amides is 1. The zero-order valence-electron chi connectivity index (χ0n) is 17.9. The first kappa shape index (κ1) is 20.0. The fraction of sp³-hybridized carbons (Fsp3) is 0.250. The Morgan fingerprint density at radius 2 is 1.94 bits per heavy atom. The molecule has 4 aromatic rings. The number of anilines is 2. The van der Waals surface area contributed by atoms with Crippen molar-refractivity contribution < 1.29 is 4.79 Å². The predicted molar refractivity (Wildman–Crippen MR) is 125 cm³/mol. The van der Waals surface area contributed by atoms with Crippen molar-refractivity contribution in [3.63, 3.8) is 0 Å². The molecule has 0 unspecified atom stereocenters. The quantitative estimate of drug-likeness (QED) is 0.484. The van der Waals surface area contributed by atoms with E-state index in [1.54, 1.807) is 0 Å². The highest BCUT2D eigenvalue weighted by Crippen LogP contribution is 2.34. The van der Waals surface area contributed by atoms with Crippen molar-refractivity contribution in [1.29, 1.82) is 0 Å². The monoisotopic (exact) mass is 427 g/mol. The Hall–Kier alpha value is -3.94. The zero-order chi connectivity index (χ0) is 22.2. The van der Waals surface area contributed by atoms with E-state index < -0.39 is 0 Å². The third-order valence-electron chi connectivity index (χ3n) is 6.00. The van der Waals surface area contributed by atoms with Crippen LogP contribution in [0.5, 0.6) is 0 Å². The van der Waals surface area contributed by atoms with Crippen LogP contribution in [0, 0.1) is 6.92 Å². The summed E-state index contributed by atoms with van der Waals surface area (Å²) in [6.45, 7) is 3.32. The van der Waals surface area contributed by atoms with Gasteiger partial charge in [-0.1, -0.05) is 42.0 Å². The number of hydrogen-bond acceptors (Lipinski definition) is 6. The van der Waals surface area contributed by atoms with Crippen LogP contribution in [-0.2, 0) is 11.2 Å². The second-order valence-electron chi connectivity index (χ2n) is 8.32. The van der Waals surface area contributed by atoms with Crippen LogP contribution in [0.1, 0.15) is 23.6 Å². The van der Waals surface area contributed by atoms with Crippen LogP contribution in [0.25, 0.3) is 22.3 Å². The van der Waals surface area contributed by atoms with Crippen LogP contribution in [0.3, 0.4) is 0 Å². The SMILES string of the molecule is Cc1cccc(CC(=O)N2CC[C@H](n3nc(-c4ccc(N)cc4)c4c(N)ncnc43)C2)c1. The lowest BCUT2D eigenvalue weighted by molar-refractivity contribution is -0.129. The lowest BCUT2D eigenvalue weighted by atomic mass is 10.1. The predicted octanol–water partition coefficient (Wildman–Crippen LogP) is 2.98. The third kappa shape index (κ3) is 3.64. The molecule has 8 heteroatoms. The van der Waals surface area contributed by atoms with E-state index in [2.05, 4.69) is 16.0 Å². The normalized spacial score (nSPS) is 16.0. The van der Waals surface area contributed by atoms with Crippen molar-refractivity contribution >= 4 is 28.4 Å². The number of nitrogen functional groups attached to an aromatic ring is 2. The maximum atomic E-state index is 12.9. The molecule has 0 spiro atoms. The summed E-state index contributed by atoms with van der Waals surface area (Å²) in [7, 11) is 0. The first-order valence-electron chi connectivity index (χ1n) is 10.7. The van der Waals surface area contributed by atoms with Gasteiger partial charge in [-0.3, -0.25) is 4.79 Å². The van der Waals surface area contributed by atoms with E-state index in [0.29, 0.717) is 36.7 Å². The fourth-order valence-corrected chi connectivity index (χ4v) is 4.37. The van der Waals surface area contributed by atoms with Crippen LogP contribution < -0.4 is 11.5 Å². The van der Waals surface area contributed by atoms with Crippen LogP contribution in [0.2, 0.25) is 0 Å². The van der Waals surface area contributed by atoms with Crippen molar-refractivity contribution in [2.45, 2.75) is 25.8 Å². The Morgan fingerprint density at radius 1 is 1.12 bits per heavy atom. The summed E-state index contributed by atoms with van der Waals surface area (Å²) in [6.07, 6.45) is 2.67. The molecule has 2 aromatic carbocycles. The molecule has 0 bridgehead atoms. The topological polar surface area (TPSA) is 116 Å². The zero-order valence-corrected chi connectivity index (χ0v) is 17.9. The second-order valence-corrected chi connectivity index (χ2v) is 8.32.